The van der Waals surface area contributed by atoms with E-state index in [1.165, 1.54) is 12.8 Å². The Morgan fingerprint density at radius 3 is 2.94 bits per heavy atom. The fraction of sp³-hybridized carbons (Fsp3) is 0.500. The van der Waals surface area contributed by atoms with Gasteiger partial charge in [0.1, 0.15) is 5.82 Å². The second kappa shape index (κ2) is 4.56. The van der Waals surface area contributed by atoms with Gasteiger partial charge in [-0.2, -0.15) is 0 Å². The summed E-state index contributed by atoms with van der Waals surface area (Å²) in [4.78, 5) is 4.75. The van der Waals surface area contributed by atoms with Gasteiger partial charge in [-0.05, 0) is 31.4 Å². The van der Waals surface area contributed by atoms with Gasteiger partial charge in [-0.25, -0.2) is 4.98 Å². The Morgan fingerprint density at radius 2 is 2.22 bits per heavy atom. The number of aromatic nitrogens is 2. The number of halogens is 1. The van der Waals surface area contributed by atoms with Gasteiger partial charge >= 0.3 is 0 Å². The third-order valence-electron chi connectivity index (χ3n) is 3.96. The zero-order chi connectivity index (χ0) is 12.7. The molecule has 2 aromatic rings. The molecule has 96 valence electrons. The van der Waals surface area contributed by atoms with Crippen LogP contribution in [0.15, 0.2) is 18.2 Å². The second-order valence-corrected chi connectivity index (χ2v) is 5.67. The summed E-state index contributed by atoms with van der Waals surface area (Å²) in [6.07, 6.45) is 4.56. The van der Waals surface area contributed by atoms with Crippen molar-refractivity contribution in [2.45, 2.75) is 37.6 Å². The van der Waals surface area contributed by atoms with Gasteiger partial charge in [0, 0.05) is 19.0 Å². The highest BCUT2D eigenvalue weighted by molar-refractivity contribution is 6.35. The minimum Gasteiger partial charge on any atom is -0.330 e. The average Bonchev–Trinajstić information content (AvgIpc) is 2.68. The Bertz CT molecular complexity index is 576. The zero-order valence-corrected chi connectivity index (χ0v) is 11.3. The van der Waals surface area contributed by atoms with Crippen molar-refractivity contribution in [2.75, 3.05) is 0 Å². The van der Waals surface area contributed by atoms with Crippen molar-refractivity contribution in [3.8, 4) is 0 Å². The van der Waals surface area contributed by atoms with Crippen LogP contribution in [0, 0.1) is 0 Å². The number of nitrogens with zero attached hydrogens (tertiary/aromatic N) is 2. The van der Waals surface area contributed by atoms with Gasteiger partial charge < -0.3 is 10.3 Å². The maximum absolute atomic E-state index is 6.26. The summed E-state index contributed by atoms with van der Waals surface area (Å²) in [5.41, 5.74) is 8.09. The number of nitrogens with two attached hydrogens (primary N) is 1. The van der Waals surface area contributed by atoms with E-state index in [1.807, 2.05) is 18.2 Å². The molecule has 2 N–H and O–H groups in total. The maximum atomic E-state index is 6.26. The third-order valence-corrected chi connectivity index (χ3v) is 4.26. The monoisotopic (exact) mass is 263 g/mol. The third kappa shape index (κ3) is 1.91. The van der Waals surface area contributed by atoms with Crippen molar-refractivity contribution in [1.29, 1.82) is 0 Å². The van der Waals surface area contributed by atoms with Crippen LogP contribution >= 0.6 is 11.6 Å². The first kappa shape index (κ1) is 12.0. The highest BCUT2D eigenvalue weighted by atomic mass is 35.5. The fourth-order valence-corrected chi connectivity index (χ4v) is 3.36. The molecule has 1 heterocycles. The van der Waals surface area contributed by atoms with E-state index in [4.69, 9.17) is 22.3 Å². The molecule has 1 aromatic carbocycles. The molecule has 2 atom stereocenters. The van der Waals surface area contributed by atoms with Crippen LogP contribution < -0.4 is 5.73 Å². The van der Waals surface area contributed by atoms with E-state index in [1.54, 1.807) is 0 Å². The quantitative estimate of drug-likeness (QED) is 0.859. The summed E-state index contributed by atoms with van der Waals surface area (Å²) in [6.45, 7) is 0. The molecule has 0 amide bonds. The van der Waals surface area contributed by atoms with Crippen LogP contribution in [0.5, 0.6) is 0 Å². The predicted octanol–water partition coefficient (Wildman–Crippen LogP) is 3.21. The Hall–Kier alpha value is -1.06. The number of imidazole rings is 1. The van der Waals surface area contributed by atoms with Crippen LogP contribution in [0.1, 0.15) is 37.4 Å². The molecule has 1 fully saturated rings. The summed E-state index contributed by atoms with van der Waals surface area (Å²) in [6, 6.07) is 6.21. The van der Waals surface area contributed by atoms with Gasteiger partial charge in [0.05, 0.1) is 16.1 Å². The molecule has 0 aliphatic heterocycles. The van der Waals surface area contributed by atoms with E-state index in [9.17, 15) is 0 Å². The van der Waals surface area contributed by atoms with E-state index in [0.29, 0.717) is 12.0 Å². The van der Waals surface area contributed by atoms with Crippen molar-refractivity contribution in [3.05, 3.63) is 29.0 Å². The molecular formula is C14H18ClN3. The SMILES string of the molecule is Cn1c(C2CCCC(N)C2)nc2cccc(Cl)c21. The van der Waals surface area contributed by atoms with Crippen LogP contribution in [0.4, 0.5) is 0 Å². The van der Waals surface area contributed by atoms with Crippen LogP contribution in [-0.2, 0) is 7.05 Å². The zero-order valence-electron chi connectivity index (χ0n) is 10.6. The molecule has 4 heteroatoms. The van der Waals surface area contributed by atoms with Crippen molar-refractivity contribution in [3.63, 3.8) is 0 Å². The van der Waals surface area contributed by atoms with E-state index in [-0.39, 0.29) is 0 Å². The van der Waals surface area contributed by atoms with Gasteiger partial charge in [-0.3, -0.25) is 0 Å². The molecule has 18 heavy (non-hydrogen) atoms. The molecule has 1 aliphatic rings. The first-order chi connectivity index (χ1) is 8.66. The van der Waals surface area contributed by atoms with Gasteiger partial charge in [0.2, 0.25) is 0 Å². The summed E-state index contributed by atoms with van der Waals surface area (Å²) in [5.74, 6) is 1.61. The first-order valence-corrected chi connectivity index (χ1v) is 6.91. The lowest BCUT2D eigenvalue weighted by Gasteiger charge is -2.26. The van der Waals surface area contributed by atoms with Crippen molar-refractivity contribution >= 4 is 22.6 Å². The Balaban J connectivity index is 2.07. The number of para-hydroxylation sites is 1. The lowest BCUT2D eigenvalue weighted by molar-refractivity contribution is 0.378. The highest BCUT2D eigenvalue weighted by Crippen LogP contribution is 2.34. The number of hydrogen-bond donors (Lipinski definition) is 1. The lowest BCUT2D eigenvalue weighted by Crippen LogP contribution is -2.27. The van der Waals surface area contributed by atoms with Crippen molar-refractivity contribution in [2.24, 2.45) is 12.8 Å². The largest absolute Gasteiger partial charge is 0.330 e. The molecule has 0 bridgehead atoms. The normalized spacial score (nSPS) is 24.6. The summed E-state index contributed by atoms with van der Waals surface area (Å²) >= 11 is 6.26. The van der Waals surface area contributed by atoms with E-state index < -0.39 is 0 Å². The van der Waals surface area contributed by atoms with Crippen LogP contribution in [0.3, 0.4) is 0 Å². The van der Waals surface area contributed by atoms with E-state index >= 15 is 0 Å². The van der Waals surface area contributed by atoms with Gasteiger partial charge in [-0.15, -0.1) is 0 Å². The molecule has 1 aromatic heterocycles. The van der Waals surface area contributed by atoms with Crippen molar-refractivity contribution < 1.29 is 0 Å². The van der Waals surface area contributed by atoms with Gasteiger partial charge in [0.15, 0.2) is 0 Å². The molecule has 1 saturated carbocycles. The molecule has 0 radical (unpaired) electrons. The molecule has 0 saturated heterocycles. The first-order valence-electron chi connectivity index (χ1n) is 6.53. The Labute approximate surface area is 112 Å². The smallest absolute Gasteiger partial charge is 0.112 e. The second-order valence-electron chi connectivity index (χ2n) is 5.26. The van der Waals surface area contributed by atoms with E-state index in [2.05, 4.69) is 11.6 Å². The topological polar surface area (TPSA) is 43.8 Å². The number of aryl methyl sites for hydroxylation is 1. The number of hydrogen-bond acceptors (Lipinski definition) is 2. The minimum absolute atomic E-state index is 0.319. The summed E-state index contributed by atoms with van der Waals surface area (Å²) < 4.78 is 2.14. The molecule has 3 rings (SSSR count). The van der Waals surface area contributed by atoms with Crippen molar-refractivity contribution in [1.82, 2.24) is 9.55 Å². The average molecular weight is 264 g/mol. The Morgan fingerprint density at radius 1 is 1.39 bits per heavy atom. The Kier molecular flexibility index (Phi) is 3.04. The molecular weight excluding hydrogens is 246 g/mol. The number of rotatable bonds is 1. The molecule has 1 aliphatic carbocycles. The van der Waals surface area contributed by atoms with E-state index in [0.717, 1.165) is 34.7 Å². The number of fused-ring (bicyclic) bond motifs is 1. The standard InChI is InChI=1S/C14H18ClN3/c1-18-13-11(15)6-3-7-12(13)17-14(18)9-4-2-5-10(16)8-9/h3,6-7,9-10H,2,4-5,8,16H2,1H3. The van der Waals surface area contributed by atoms with Gasteiger partial charge in [0.25, 0.3) is 0 Å². The van der Waals surface area contributed by atoms with Crippen LogP contribution in [-0.4, -0.2) is 15.6 Å². The van der Waals surface area contributed by atoms with Crippen LogP contribution in [0.25, 0.3) is 11.0 Å². The highest BCUT2D eigenvalue weighted by Gasteiger charge is 2.25. The maximum Gasteiger partial charge on any atom is 0.112 e. The summed E-state index contributed by atoms with van der Waals surface area (Å²) in [7, 11) is 2.05. The molecule has 2 unspecified atom stereocenters. The molecule has 0 spiro atoms. The lowest BCUT2D eigenvalue weighted by atomic mass is 9.85. The summed E-state index contributed by atoms with van der Waals surface area (Å²) in [5, 5.41) is 0.772. The molecule has 3 nitrogen and oxygen atoms in total. The van der Waals surface area contributed by atoms with Crippen LogP contribution in [0.2, 0.25) is 5.02 Å². The minimum atomic E-state index is 0.319. The predicted molar refractivity (Wildman–Crippen MR) is 74.9 cm³/mol. The number of benzene rings is 1. The van der Waals surface area contributed by atoms with Gasteiger partial charge in [-0.1, -0.05) is 24.1 Å². The fourth-order valence-electron chi connectivity index (χ4n) is 3.07.